The van der Waals surface area contributed by atoms with Crippen molar-refractivity contribution in [2.45, 2.75) is 36.9 Å². The van der Waals surface area contributed by atoms with Crippen molar-refractivity contribution in [1.82, 2.24) is 15.1 Å². The predicted molar refractivity (Wildman–Crippen MR) is 143 cm³/mol. The Morgan fingerprint density at radius 2 is 1.54 bits per heavy atom. The fraction of sp³-hybridized carbons (Fsp3) is 0.207. The summed E-state index contributed by atoms with van der Waals surface area (Å²) in [6.07, 6.45) is 0.262. The first-order chi connectivity index (χ1) is 18.1. The SMILES string of the molecule is O=C(Cn1nc2c(c1NC(=O)CC(c1ccccc1)c1ccccc1)CSC2)NCc1ccc(F)cc1. The van der Waals surface area contributed by atoms with Gasteiger partial charge in [0.1, 0.15) is 18.2 Å². The zero-order valence-corrected chi connectivity index (χ0v) is 21.0. The molecule has 0 fully saturated rings. The molecule has 0 aliphatic carbocycles. The molecule has 0 atom stereocenters. The number of fused-ring (bicyclic) bond motifs is 1. The molecule has 0 spiro atoms. The van der Waals surface area contributed by atoms with E-state index in [1.807, 2.05) is 60.7 Å². The Morgan fingerprint density at radius 3 is 2.19 bits per heavy atom. The number of thioether (sulfide) groups is 1. The van der Waals surface area contributed by atoms with Crippen molar-refractivity contribution >= 4 is 29.4 Å². The Labute approximate surface area is 219 Å². The van der Waals surface area contributed by atoms with Gasteiger partial charge in [-0.25, -0.2) is 9.07 Å². The van der Waals surface area contributed by atoms with Gasteiger partial charge in [0.05, 0.1) is 5.69 Å². The number of halogens is 1. The fourth-order valence-electron chi connectivity index (χ4n) is 4.48. The van der Waals surface area contributed by atoms with E-state index in [-0.39, 0.29) is 43.1 Å². The zero-order valence-electron chi connectivity index (χ0n) is 20.2. The number of aromatic nitrogens is 2. The van der Waals surface area contributed by atoms with Gasteiger partial charge in [-0.3, -0.25) is 9.59 Å². The van der Waals surface area contributed by atoms with Crippen molar-refractivity contribution in [3.8, 4) is 0 Å². The minimum absolute atomic E-state index is 0.0186. The number of amides is 2. The van der Waals surface area contributed by atoms with Crippen LogP contribution >= 0.6 is 11.8 Å². The Kier molecular flexibility index (Phi) is 7.65. The molecule has 188 valence electrons. The molecule has 2 N–H and O–H groups in total. The zero-order chi connectivity index (χ0) is 25.6. The number of anilines is 1. The highest BCUT2D eigenvalue weighted by Gasteiger charge is 2.26. The highest BCUT2D eigenvalue weighted by atomic mass is 32.2. The Morgan fingerprint density at radius 1 is 0.892 bits per heavy atom. The van der Waals surface area contributed by atoms with Crippen LogP contribution in [0.4, 0.5) is 10.2 Å². The standard InChI is InChI=1S/C29H27FN4O2S/c30-23-13-11-20(12-14-23)16-31-28(36)17-34-29(25-18-37-19-26(25)33-34)32-27(35)15-24(21-7-3-1-4-8-21)22-9-5-2-6-10-22/h1-14,24H,15-19H2,(H,31,36)(H,32,35). The van der Waals surface area contributed by atoms with Gasteiger partial charge in [-0.15, -0.1) is 0 Å². The average molecular weight is 515 g/mol. The van der Waals surface area contributed by atoms with E-state index in [2.05, 4.69) is 15.7 Å². The van der Waals surface area contributed by atoms with Gasteiger partial charge in [-0.2, -0.15) is 16.9 Å². The lowest BCUT2D eigenvalue weighted by Gasteiger charge is -2.18. The third kappa shape index (κ3) is 6.09. The minimum Gasteiger partial charge on any atom is -0.350 e. The highest BCUT2D eigenvalue weighted by molar-refractivity contribution is 7.98. The molecule has 2 amide bonds. The first-order valence-electron chi connectivity index (χ1n) is 12.1. The third-order valence-electron chi connectivity index (χ3n) is 6.37. The van der Waals surface area contributed by atoms with Crippen LogP contribution in [0.2, 0.25) is 0 Å². The van der Waals surface area contributed by atoms with Crippen LogP contribution in [0, 0.1) is 5.82 Å². The molecule has 0 radical (unpaired) electrons. The molecule has 0 saturated carbocycles. The molecule has 4 aromatic rings. The topological polar surface area (TPSA) is 76.0 Å². The Hall–Kier alpha value is -3.91. The number of nitrogens with zero attached hydrogens (tertiary/aromatic N) is 2. The lowest BCUT2D eigenvalue weighted by molar-refractivity contribution is -0.122. The number of hydrogen-bond donors (Lipinski definition) is 2. The number of carbonyl (C=O) groups excluding carboxylic acids is 2. The maximum absolute atomic E-state index is 13.4. The van der Waals surface area contributed by atoms with E-state index in [9.17, 15) is 14.0 Å². The van der Waals surface area contributed by atoms with Crippen molar-refractivity contribution in [1.29, 1.82) is 0 Å². The van der Waals surface area contributed by atoms with Gasteiger partial charge in [0.2, 0.25) is 11.8 Å². The monoisotopic (exact) mass is 514 g/mol. The van der Waals surface area contributed by atoms with Crippen molar-refractivity contribution in [3.05, 3.63) is 119 Å². The summed E-state index contributed by atoms with van der Waals surface area (Å²) in [6.45, 7) is 0.267. The molecule has 5 rings (SSSR count). The molecule has 6 nitrogen and oxygen atoms in total. The molecule has 1 aliphatic rings. The van der Waals surface area contributed by atoms with Crippen LogP contribution in [0.3, 0.4) is 0 Å². The maximum atomic E-state index is 13.4. The first-order valence-corrected chi connectivity index (χ1v) is 13.3. The van der Waals surface area contributed by atoms with E-state index in [0.717, 1.165) is 39.5 Å². The van der Waals surface area contributed by atoms with Crippen molar-refractivity contribution in [2.24, 2.45) is 0 Å². The second kappa shape index (κ2) is 11.4. The van der Waals surface area contributed by atoms with Gasteiger partial charge in [0.15, 0.2) is 0 Å². The van der Waals surface area contributed by atoms with E-state index >= 15 is 0 Å². The Balaban J connectivity index is 1.30. The maximum Gasteiger partial charge on any atom is 0.242 e. The first kappa shape index (κ1) is 24.8. The van der Waals surface area contributed by atoms with E-state index in [0.29, 0.717) is 5.82 Å². The quantitative estimate of drug-likeness (QED) is 0.320. The van der Waals surface area contributed by atoms with Crippen molar-refractivity contribution in [2.75, 3.05) is 5.32 Å². The molecule has 1 aliphatic heterocycles. The van der Waals surface area contributed by atoms with E-state index in [1.54, 1.807) is 28.6 Å². The van der Waals surface area contributed by atoms with Gasteiger partial charge in [0.25, 0.3) is 0 Å². The molecular formula is C29H27FN4O2S. The highest BCUT2D eigenvalue weighted by Crippen LogP contribution is 2.35. The van der Waals surface area contributed by atoms with Crippen LogP contribution in [0.25, 0.3) is 0 Å². The smallest absolute Gasteiger partial charge is 0.242 e. The second-order valence-electron chi connectivity index (χ2n) is 8.95. The summed E-state index contributed by atoms with van der Waals surface area (Å²) in [5.74, 6) is 1.29. The van der Waals surface area contributed by atoms with Crippen LogP contribution in [0.5, 0.6) is 0 Å². The number of hydrogen-bond acceptors (Lipinski definition) is 4. The number of nitrogens with one attached hydrogen (secondary N) is 2. The second-order valence-corrected chi connectivity index (χ2v) is 9.94. The summed E-state index contributed by atoms with van der Waals surface area (Å²) in [5.41, 5.74) is 4.81. The molecule has 8 heteroatoms. The van der Waals surface area contributed by atoms with Crippen LogP contribution < -0.4 is 10.6 Å². The molecule has 0 bridgehead atoms. The van der Waals surface area contributed by atoms with Gasteiger partial charge in [-0.05, 0) is 28.8 Å². The molecule has 1 aromatic heterocycles. The summed E-state index contributed by atoms with van der Waals surface area (Å²) in [5, 5.41) is 10.5. The number of rotatable bonds is 9. The molecule has 0 saturated heterocycles. The minimum atomic E-state index is -0.318. The van der Waals surface area contributed by atoms with Gasteiger partial charge in [-0.1, -0.05) is 72.8 Å². The van der Waals surface area contributed by atoms with Gasteiger partial charge < -0.3 is 10.6 Å². The lowest BCUT2D eigenvalue weighted by atomic mass is 9.88. The Bertz CT molecular complexity index is 1340. The van der Waals surface area contributed by atoms with E-state index in [4.69, 9.17) is 0 Å². The summed E-state index contributed by atoms with van der Waals surface area (Å²) < 4.78 is 14.7. The predicted octanol–water partition coefficient (Wildman–Crippen LogP) is 5.25. The molecular weight excluding hydrogens is 487 g/mol. The number of benzene rings is 3. The van der Waals surface area contributed by atoms with Crippen LogP contribution in [0.1, 0.15) is 40.3 Å². The largest absolute Gasteiger partial charge is 0.350 e. The number of carbonyl (C=O) groups is 2. The summed E-state index contributed by atoms with van der Waals surface area (Å²) in [6, 6.07) is 26.0. The van der Waals surface area contributed by atoms with Crippen LogP contribution in [0.15, 0.2) is 84.9 Å². The lowest BCUT2D eigenvalue weighted by Crippen LogP contribution is -2.29. The van der Waals surface area contributed by atoms with E-state index in [1.165, 1.54) is 12.1 Å². The van der Waals surface area contributed by atoms with E-state index < -0.39 is 0 Å². The molecule has 0 unspecified atom stereocenters. The average Bonchev–Trinajstić information content (AvgIpc) is 3.50. The normalized spacial score (nSPS) is 12.4. The van der Waals surface area contributed by atoms with Crippen LogP contribution in [-0.2, 0) is 34.2 Å². The summed E-state index contributed by atoms with van der Waals surface area (Å²) in [4.78, 5) is 26.1. The van der Waals surface area contributed by atoms with Gasteiger partial charge >= 0.3 is 0 Å². The van der Waals surface area contributed by atoms with Crippen molar-refractivity contribution in [3.63, 3.8) is 0 Å². The fourth-order valence-corrected chi connectivity index (χ4v) is 5.52. The molecule has 37 heavy (non-hydrogen) atoms. The molecule has 3 aromatic carbocycles. The molecule has 2 heterocycles. The third-order valence-corrected chi connectivity index (χ3v) is 7.34. The van der Waals surface area contributed by atoms with Crippen molar-refractivity contribution < 1.29 is 14.0 Å². The summed E-state index contributed by atoms with van der Waals surface area (Å²) >= 11 is 1.74. The van der Waals surface area contributed by atoms with Crippen LogP contribution in [-0.4, -0.2) is 21.6 Å². The van der Waals surface area contributed by atoms with Gasteiger partial charge in [0, 0.05) is 36.0 Å². The summed E-state index contributed by atoms with van der Waals surface area (Å²) in [7, 11) is 0.